The average molecular weight is 459 g/mol. The lowest BCUT2D eigenvalue weighted by molar-refractivity contribution is -0.139. The van der Waals surface area contributed by atoms with Gasteiger partial charge in [0.05, 0.1) is 14.2 Å². The molecule has 0 aliphatic rings. The van der Waals surface area contributed by atoms with Crippen molar-refractivity contribution in [3.05, 3.63) is 84.3 Å². The van der Waals surface area contributed by atoms with Crippen molar-refractivity contribution < 1.29 is 28.5 Å². The molecule has 0 unspecified atom stereocenters. The second kappa shape index (κ2) is 10.6. The molecule has 0 aliphatic carbocycles. The van der Waals surface area contributed by atoms with Crippen molar-refractivity contribution in [2.75, 3.05) is 20.8 Å². The summed E-state index contributed by atoms with van der Waals surface area (Å²) < 4.78 is 22.3. The molecule has 0 spiro atoms. The fourth-order valence-electron chi connectivity index (χ4n) is 3.58. The van der Waals surface area contributed by atoms with Crippen LogP contribution in [0.2, 0.25) is 0 Å². The molecule has 1 N–H and O–H groups in total. The summed E-state index contributed by atoms with van der Waals surface area (Å²) >= 11 is 0. The molecule has 174 valence electrons. The predicted molar refractivity (Wildman–Crippen MR) is 127 cm³/mol. The first-order valence-corrected chi connectivity index (χ1v) is 10.8. The molecule has 34 heavy (non-hydrogen) atoms. The molecule has 4 aromatic rings. The van der Waals surface area contributed by atoms with E-state index in [1.54, 1.807) is 20.3 Å². The second-order valence-electron chi connectivity index (χ2n) is 7.58. The molecular weight excluding hydrogens is 434 g/mol. The number of carboxylic acids is 1. The quantitative estimate of drug-likeness (QED) is 0.345. The normalized spacial score (nSPS) is 10.6. The zero-order valence-electron chi connectivity index (χ0n) is 19.0. The maximum atomic E-state index is 10.8. The maximum absolute atomic E-state index is 10.8. The third-order valence-corrected chi connectivity index (χ3v) is 5.23. The summed E-state index contributed by atoms with van der Waals surface area (Å²) in [5, 5.41) is 8.82. The molecule has 0 bridgehead atoms. The number of hydrogen-bond donors (Lipinski definition) is 1. The van der Waals surface area contributed by atoms with Gasteiger partial charge in [0.15, 0.2) is 18.3 Å². The van der Waals surface area contributed by atoms with Crippen molar-refractivity contribution in [3.8, 4) is 39.8 Å². The molecule has 0 atom stereocenters. The Kier molecular flexibility index (Phi) is 7.13. The molecule has 0 aliphatic heterocycles. The second-order valence-corrected chi connectivity index (χ2v) is 7.58. The smallest absolute Gasteiger partial charge is 0.341 e. The van der Waals surface area contributed by atoms with E-state index in [-0.39, 0.29) is 6.61 Å². The zero-order valence-corrected chi connectivity index (χ0v) is 19.0. The highest BCUT2D eigenvalue weighted by molar-refractivity contribution is 5.78. The Morgan fingerprint density at radius 3 is 2.21 bits per heavy atom. The summed E-state index contributed by atoms with van der Waals surface area (Å²) in [6.45, 7) is -0.378. The van der Waals surface area contributed by atoms with E-state index in [0.717, 1.165) is 33.9 Å². The monoisotopic (exact) mass is 459 g/mol. The lowest BCUT2D eigenvalue weighted by atomic mass is 10.1. The molecule has 4 rings (SSSR count). The fourth-order valence-corrected chi connectivity index (χ4v) is 3.58. The predicted octanol–water partition coefficient (Wildman–Crippen LogP) is 5.27. The Balaban J connectivity index is 1.63. The molecule has 7 nitrogen and oxygen atoms in total. The molecule has 0 saturated heterocycles. The van der Waals surface area contributed by atoms with E-state index in [1.165, 1.54) is 0 Å². The van der Waals surface area contributed by atoms with E-state index < -0.39 is 5.97 Å². The van der Waals surface area contributed by atoms with Crippen LogP contribution in [0.4, 0.5) is 0 Å². The van der Waals surface area contributed by atoms with Crippen molar-refractivity contribution in [3.63, 3.8) is 0 Å². The lowest BCUT2D eigenvalue weighted by Crippen LogP contribution is -2.09. The van der Waals surface area contributed by atoms with Gasteiger partial charge in [-0.25, -0.2) is 9.78 Å². The number of aryl methyl sites for hydroxylation is 2. The number of benzene rings is 3. The first-order valence-electron chi connectivity index (χ1n) is 10.8. The summed E-state index contributed by atoms with van der Waals surface area (Å²) in [6, 6.07) is 22.7. The van der Waals surface area contributed by atoms with Crippen LogP contribution < -0.4 is 14.2 Å². The summed E-state index contributed by atoms with van der Waals surface area (Å²) in [5.41, 5.74) is 3.46. The van der Waals surface area contributed by atoms with E-state index in [1.807, 2.05) is 66.7 Å². The third kappa shape index (κ3) is 5.56. The van der Waals surface area contributed by atoms with Crippen molar-refractivity contribution in [1.29, 1.82) is 0 Å². The number of methoxy groups -OCH3 is 2. The topological polar surface area (TPSA) is 91.0 Å². The van der Waals surface area contributed by atoms with E-state index in [9.17, 15) is 4.79 Å². The van der Waals surface area contributed by atoms with E-state index in [4.69, 9.17) is 28.7 Å². The third-order valence-electron chi connectivity index (χ3n) is 5.23. The molecule has 7 heteroatoms. The number of ether oxygens (including phenoxy) is 3. The number of carbonyl (C=O) groups is 1. The number of aromatic nitrogens is 1. The van der Waals surface area contributed by atoms with Crippen molar-refractivity contribution in [2.24, 2.45) is 0 Å². The number of oxazole rings is 1. The molecule has 0 saturated carbocycles. The summed E-state index contributed by atoms with van der Waals surface area (Å²) in [4.78, 5) is 15.6. The van der Waals surface area contributed by atoms with Crippen LogP contribution in [0.5, 0.6) is 17.2 Å². The van der Waals surface area contributed by atoms with Crippen molar-refractivity contribution >= 4 is 5.97 Å². The largest absolute Gasteiger partial charge is 0.497 e. The molecule has 1 heterocycles. The molecule has 0 amide bonds. The van der Waals surface area contributed by atoms with Gasteiger partial charge in [-0.2, -0.15) is 0 Å². The van der Waals surface area contributed by atoms with Gasteiger partial charge in [0, 0.05) is 17.5 Å². The van der Waals surface area contributed by atoms with Gasteiger partial charge in [-0.1, -0.05) is 36.4 Å². The van der Waals surface area contributed by atoms with E-state index >= 15 is 0 Å². The lowest BCUT2D eigenvalue weighted by Gasteiger charge is -2.06. The summed E-state index contributed by atoms with van der Waals surface area (Å²) in [6.07, 6.45) is 1.21. The van der Waals surface area contributed by atoms with Gasteiger partial charge < -0.3 is 23.7 Å². The van der Waals surface area contributed by atoms with Gasteiger partial charge in [-0.05, 0) is 48.4 Å². The van der Waals surface area contributed by atoms with Crippen LogP contribution in [-0.2, 0) is 17.6 Å². The number of nitrogens with zero attached hydrogens (tertiary/aromatic N) is 1. The van der Waals surface area contributed by atoms with Gasteiger partial charge in [0.1, 0.15) is 22.9 Å². The minimum absolute atomic E-state index is 0.378. The van der Waals surface area contributed by atoms with E-state index in [2.05, 4.69) is 0 Å². The Morgan fingerprint density at radius 2 is 1.50 bits per heavy atom. The zero-order chi connectivity index (χ0) is 23.9. The van der Waals surface area contributed by atoms with Crippen LogP contribution in [0.1, 0.15) is 11.5 Å². The van der Waals surface area contributed by atoms with Gasteiger partial charge in [-0.3, -0.25) is 0 Å². The van der Waals surface area contributed by atoms with Gasteiger partial charge in [-0.15, -0.1) is 0 Å². The Bertz CT molecular complexity index is 1210. The summed E-state index contributed by atoms with van der Waals surface area (Å²) in [7, 11) is 3.26. The van der Waals surface area contributed by atoms with Crippen LogP contribution in [-0.4, -0.2) is 36.9 Å². The van der Waals surface area contributed by atoms with Crippen LogP contribution in [0.3, 0.4) is 0 Å². The van der Waals surface area contributed by atoms with Crippen LogP contribution in [0.25, 0.3) is 22.6 Å². The van der Waals surface area contributed by atoms with Crippen LogP contribution in [0, 0.1) is 0 Å². The standard InChI is InChI=1S/C27H25NO6/c1-31-21-9-4-7-19(15-21)26-27(20-8-5-10-22(16-20)32-2)34-24(28-26)13-12-18-6-3-11-23(14-18)33-17-25(29)30/h3-11,14-16H,12-13,17H2,1-2H3,(H,29,30). The molecule has 3 aromatic carbocycles. The maximum Gasteiger partial charge on any atom is 0.341 e. The Hall–Kier alpha value is -4.26. The van der Waals surface area contributed by atoms with Crippen molar-refractivity contribution in [1.82, 2.24) is 4.98 Å². The van der Waals surface area contributed by atoms with Gasteiger partial charge in [0.25, 0.3) is 0 Å². The highest BCUT2D eigenvalue weighted by Gasteiger charge is 2.18. The summed E-state index contributed by atoms with van der Waals surface area (Å²) in [5.74, 6) is 2.21. The van der Waals surface area contributed by atoms with E-state index in [0.29, 0.717) is 30.2 Å². The Morgan fingerprint density at radius 1 is 0.853 bits per heavy atom. The Labute approximate surface area is 197 Å². The van der Waals surface area contributed by atoms with Gasteiger partial charge in [0.2, 0.25) is 0 Å². The highest BCUT2D eigenvalue weighted by Crippen LogP contribution is 2.35. The minimum Gasteiger partial charge on any atom is -0.497 e. The molecular formula is C27H25NO6. The van der Waals surface area contributed by atoms with Crippen LogP contribution in [0.15, 0.2) is 77.2 Å². The molecule has 0 fully saturated rings. The molecule has 1 aromatic heterocycles. The SMILES string of the molecule is COc1cccc(-c2nc(CCc3cccc(OCC(=O)O)c3)oc2-c2cccc(OC)c2)c1. The minimum atomic E-state index is -1.01. The highest BCUT2D eigenvalue weighted by atomic mass is 16.5. The number of aliphatic carboxylic acids is 1. The van der Waals surface area contributed by atoms with Crippen molar-refractivity contribution in [2.45, 2.75) is 12.8 Å². The van der Waals surface area contributed by atoms with Gasteiger partial charge >= 0.3 is 5.97 Å². The van der Waals surface area contributed by atoms with Crippen LogP contribution >= 0.6 is 0 Å². The average Bonchev–Trinajstić information content (AvgIpc) is 3.31. The fraction of sp³-hybridized carbons (Fsp3) is 0.185. The first-order chi connectivity index (χ1) is 16.6. The first kappa shape index (κ1) is 22.9. The molecule has 0 radical (unpaired) electrons. The number of hydrogen-bond acceptors (Lipinski definition) is 6. The number of rotatable bonds is 10. The number of carboxylic acid groups (broad SMARTS) is 1.